The van der Waals surface area contributed by atoms with Crippen molar-refractivity contribution in [1.82, 2.24) is 9.97 Å². The van der Waals surface area contributed by atoms with E-state index in [0.29, 0.717) is 0 Å². The number of aromatic amines is 1. The van der Waals surface area contributed by atoms with Crippen LogP contribution >= 0.6 is 0 Å². The molecule has 1 N–H and O–H groups in total. The van der Waals surface area contributed by atoms with Gasteiger partial charge in [-0.2, -0.15) is 0 Å². The molecule has 2 nitrogen and oxygen atoms in total. The number of imidazole rings is 1. The summed E-state index contributed by atoms with van der Waals surface area (Å²) in [6.45, 7) is 2.01. The van der Waals surface area contributed by atoms with Gasteiger partial charge >= 0.3 is 0 Å². The Hall–Kier alpha value is -1.05. The number of hydrogen-bond donors (Lipinski definition) is 1. The van der Waals surface area contributed by atoms with Crippen molar-refractivity contribution in [2.75, 3.05) is 0 Å². The van der Waals surface area contributed by atoms with Gasteiger partial charge in [-0.25, -0.2) is 4.98 Å². The molecule has 1 aromatic heterocycles. The molecule has 0 spiro atoms. The number of aromatic nitrogens is 2. The lowest BCUT2D eigenvalue weighted by molar-refractivity contribution is 1.15. The third-order valence-corrected chi connectivity index (χ3v) is 1.13. The molecule has 0 bridgehead atoms. The number of allylic oxidation sites excluding steroid dienone is 2. The van der Waals surface area contributed by atoms with Gasteiger partial charge in [0.05, 0.1) is 6.33 Å². The maximum absolute atomic E-state index is 3.89. The monoisotopic (exact) mass is 122 g/mol. The summed E-state index contributed by atoms with van der Waals surface area (Å²) < 4.78 is 0. The lowest BCUT2D eigenvalue weighted by Crippen LogP contribution is -1.76. The Labute approximate surface area is 54.6 Å². The molecule has 0 atom stereocenters. The number of nitrogens with one attached hydrogen (secondary N) is 1. The Kier molecular flexibility index (Phi) is 2.07. The second-order valence-corrected chi connectivity index (χ2v) is 1.85. The summed E-state index contributed by atoms with van der Waals surface area (Å²) in [6, 6.07) is 0. The van der Waals surface area contributed by atoms with Gasteiger partial charge in [-0.15, -0.1) is 0 Å². The van der Waals surface area contributed by atoms with Crippen molar-refractivity contribution in [2.24, 2.45) is 0 Å². The van der Waals surface area contributed by atoms with Crippen molar-refractivity contribution in [2.45, 2.75) is 13.3 Å². The molecule has 0 aliphatic heterocycles. The normalized spacial score (nSPS) is 10.8. The lowest BCUT2D eigenvalue weighted by atomic mass is 10.3. The highest BCUT2D eigenvalue weighted by atomic mass is 14.8. The van der Waals surface area contributed by atoms with Gasteiger partial charge in [-0.3, -0.25) is 0 Å². The van der Waals surface area contributed by atoms with E-state index in [1.165, 1.54) is 0 Å². The minimum absolute atomic E-state index is 0.955. The van der Waals surface area contributed by atoms with E-state index in [9.17, 15) is 0 Å². The van der Waals surface area contributed by atoms with Crippen molar-refractivity contribution in [3.63, 3.8) is 0 Å². The third-order valence-electron chi connectivity index (χ3n) is 1.13. The molecule has 1 heterocycles. The molecule has 0 aliphatic carbocycles. The molecule has 0 amide bonds. The van der Waals surface area contributed by atoms with Crippen molar-refractivity contribution >= 4 is 0 Å². The fourth-order valence-electron chi connectivity index (χ4n) is 0.641. The van der Waals surface area contributed by atoms with Crippen molar-refractivity contribution < 1.29 is 0 Å². The van der Waals surface area contributed by atoms with E-state index < -0.39 is 0 Å². The van der Waals surface area contributed by atoms with E-state index in [1.807, 2.05) is 19.2 Å². The van der Waals surface area contributed by atoms with E-state index >= 15 is 0 Å². The molecular formula is C7H10N2. The highest BCUT2D eigenvalue weighted by molar-refractivity contribution is 5.00. The van der Waals surface area contributed by atoms with Crippen LogP contribution in [0, 0.1) is 0 Å². The van der Waals surface area contributed by atoms with Crippen LogP contribution in [0.5, 0.6) is 0 Å². The Morgan fingerprint density at radius 3 is 3.22 bits per heavy atom. The van der Waals surface area contributed by atoms with E-state index in [4.69, 9.17) is 0 Å². The Balaban J connectivity index is 2.48. The minimum atomic E-state index is 0.955. The first-order valence-electron chi connectivity index (χ1n) is 3.02. The Morgan fingerprint density at radius 2 is 2.67 bits per heavy atom. The first-order chi connectivity index (χ1) is 4.43. The molecule has 9 heavy (non-hydrogen) atoms. The fraction of sp³-hybridized carbons (Fsp3) is 0.286. The van der Waals surface area contributed by atoms with Crippen LogP contribution in [0.4, 0.5) is 0 Å². The third kappa shape index (κ3) is 1.72. The van der Waals surface area contributed by atoms with E-state index in [-0.39, 0.29) is 0 Å². The van der Waals surface area contributed by atoms with Crippen LogP contribution in [-0.2, 0) is 6.42 Å². The Bertz CT molecular complexity index is 175. The molecular weight excluding hydrogens is 112 g/mol. The second kappa shape index (κ2) is 3.07. The molecule has 0 radical (unpaired) electrons. The van der Waals surface area contributed by atoms with E-state index in [1.54, 1.807) is 6.33 Å². The maximum atomic E-state index is 3.89. The SMILES string of the molecule is CC=CCc1cnc[nH]1. The molecule has 0 fully saturated rings. The zero-order valence-electron chi connectivity index (χ0n) is 5.46. The molecule has 0 aromatic carbocycles. The molecule has 0 unspecified atom stereocenters. The number of hydrogen-bond acceptors (Lipinski definition) is 1. The topological polar surface area (TPSA) is 28.7 Å². The minimum Gasteiger partial charge on any atom is -0.348 e. The van der Waals surface area contributed by atoms with Crippen LogP contribution < -0.4 is 0 Å². The highest BCUT2D eigenvalue weighted by Crippen LogP contribution is 1.92. The van der Waals surface area contributed by atoms with Gasteiger partial charge in [-0.1, -0.05) is 12.2 Å². The summed E-state index contributed by atoms with van der Waals surface area (Å²) in [4.78, 5) is 6.90. The molecule has 0 aliphatic rings. The summed E-state index contributed by atoms with van der Waals surface area (Å²) in [5.41, 5.74) is 1.16. The number of nitrogens with zero attached hydrogens (tertiary/aromatic N) is 1. The maximum Gasteiger partial charge on any atom is 0.0921 e. The zero-order chi connectivity index (χ0) is 6.53. The van der Waals surface area contributed by atoms with Gasteiger partial charge in [0.25, 0.3) is 0 Å². The first kappa shape index (κ1) is 6.08. The quantitative estimate of drug-likeness (QED) is 0.592. The van der Waals surface area contributed by atoms with Crippen LogP contribution in [0.1, 0.15) is 12.6 Å². The largest absolute Gasteiger partial charge is 0.348 e. The van der Waals surface area contributed by atoms with Gasteiger partial charge < -0.3 is 4.98 Å². The highest BCUT2D eigenvalue weighted by Gasteiger charge is 1.85. The zero-order valence-corrected chi connectivity index (χ0v) is 5.46. The molecule has 0 saturated heterocycles. The number of rotatable bonds is 2. The predicted molar refractivity (Wildman–Crippen MR) is 37.1 cm³/mol. The molecule has 0 saturated carbocycles. The van der Waals surface area contributed by atoms with Crippen molar-refractivity contribution in [3.8, 4) is 0 Å². The van der Waals surface area contributed by atoms with E-state index in [2.05, 4.69) is 16.0 Å². The van der Waals surface area contributed by atoms with Crippen LogP contribution in [0.3, 0.4) is 0 Å². The molecule has 48 valence electrons. The van der Waals surface area contributed by atoms with Crippen LogP contribution in [0.15, 0.2) is 24.7 Å². The standard InChI is InChI=1S/C7H10N2/c1-2-3-4-7-5-8-6-9-7/h2-3,5-6H,4H2,1H3,(H,8,9). The van der Waals surface area contributed by atoms with Crippen LogP contribution in [0.25, 0.3) is 0 Å². The van der Waals surface area contributed by atoms with Gasteiger partial charge in [0, 0.05) is 18.3 Å². The first-order valence-corrected chi connectivity index (χ1v) is 3.02. The van der Waals surface area contributed by atoms with Gasteiger partial charge in [-0.05, 0) is 6.92 Å². The number of H-pyrrole nitrogens is 1. The summed E-state index contributed by atoms with van der Waals surface area (Å²) in [5, 5.41) is 0. The van der Waals surface area contributed by atoms with Crippen LogP contribution in [-0.4, -0.2) is 9.97 Å². The lowest BCUT2D eigenvalue weighted by Gasteiger charge is -1.83. The smallest absolute Gasteiger partial charge is 0.0921 e. The van der Waals surface area contributed by atoms with E-state index in [0.717, 1.165) is 12.1 Å². The molecule has 1 rings (SSSR count). The van der Waals surface area contributed by atoms with Crippen molar-refractivity contribution in [1.29, 1.82) is 0 Å². The van der Waals surface area contributed by atoms with Gasteiger partial charge in [0.2, 0.25) is 0 Å². The summed E-state index contributed by atoms with van der Waals surface area (Å²) >= 11 is 0. The summed E-state index contributed by atoms with van der Waals surface area (Å²) in [7, 11) is 0. The average Bonchev–Trinajstić information content (AvgIpc) is 2.34. The Morgan fingerprint density at radius 1 is 1.78 bits per heavy atom. The molecule has 2 heteroatoms. The van der Waals surface area contributed by atoms with Gasteiger partial charge in [0.15, 0.2) is 0 Å². The van der Waals surface area contributed by atoms with Crippen LogP contribution in [0.2, 0.25) is 0 Å². The fourth-order valence-corrected chi connectivity index (χ4v) is 0.641. The molecule has 1 aromatic rings. The summed E-state index contributed by atoms with van der Waals surface area (Å²) in [5.74, 6) is 0. The summed E-state index contributed by atoms with van der Waals surface area (Å²) in [6.07, 6.45) is 8.60. The predicted octanol–water partition coefficient (Wildman–Crippen LogP) is 1.53. The van der Waals surface area contributed by atoms with Crippen molar-refractivity contribution in [3.05, 3.63) is 30.4 Å². The second-order valence-electron chi connectivity index (χ2n) is 1.85. The van der Waals surface area contributed by atoms with Gasteiger partial charge in [0.1, 0.15) is 0 Å². The average molecular weight is 122 g/mol.